The van der Waals surface area contributed by atoms with Crippen LogP contribution in [0.4, 0.5) is 0 Å². The van der Waals surface area contributed by atoms with Crippen molar-refractivity contribution in [1.82, 2.24) is 0 Å². The molecule has 0 aromatic carbocycles. The van der Waals surface area contributed by atoms with Gasteiger partial charge in [0.05, 0.1) is 12.7 Å². The fourth-order valence-corrected chi connectivity index (χ4v) is 1.42. The maximum absolute atomic E-state index is 5.49. The van der Waals surface area contributed by atoms with E-state index in [-0.39, 0.29) is 0 Å². The summed E-state index contributed by atoms with van der Waals surface area (Å²) in [6.45, 7) is 9.99. The average Bonchev–Trinajstić information content (AvgIpc) is 2.11. The average molecular weight is 142 g/mol. The lowest BCUT2D eigenvalue weighted by Gasteiger charge is -2.25. The third-order valence-electron chi connectivity index (χ3n) is 2.42. The molecule has 1 aliphatic rings. The van der Waals surface area contributed by atoms with Gasteiger partial charge >= 0.3 is 0 Å². The van der Waals surface area contributed by atoms with Gasteiger partial charge in [0.1, 0.15) is 0 Å². The van der Waals surface area contributed by atoms with Crippen LogP contribution >= 0.6 is 0 Å². The molecular formula is C9H18O. The van der Waals surface area contributed by atoms with Gasteiger partial charge in [-0.3, -0.25) is 0 Å². The Hall–Kier alpha value is -0.0400. The first-order valence-corrected chi connectivity index (χ1v) is 4.12. The van der Waals surface area contributed by atoms with E-state index in [2.05, 4.69) is 27.7 Å². The van der Waals surface area contributed by atoms with Gasteiger partial charge in [-0.05, 0) is 24.7 Å². The fraction of sp³-hybridized carbons (Fsp3) is 1.00. The van der Waals surface area contributed by atoms with Gasteiger partial charge in [0.25, 0.3) is 0 Å². The summed E-state index contributed by atoms with van der Waals surface area (Å²) in [5, 5.41) is 0. The van der Waals surface area contributed by atoms with Gasteiger partial charge in [0.2, 0.25) is 0 Å². The van der Waals surface area contributed by atoms with E-state index in [1.54, 1.807) is 0 Å². The smallest absolute Gasteiger partial charge is 0.0550 e. The second-order valence-corrected chi connectivity index (χ2v) is 4.44. The van der Waals surface area contributed by atoms with Crippen molar-refractivity contribution < 1.29 is 4.74 Å². The first-order chi connectivity index (χ1) is 4.50. The molecule has 0 aromatic rings. The predicted octanol–water partition coefficient (Wildman–Crippen LogP) is 2.46. The van der Waals surface area contributed by atoms with Crippen LogP contribution in [0.15, 0.2) is 0 Å². The monoisotopic (exact) mass is 142 g/mol. The summed E-state index contributed by atoms with van der Waals surface area (Å²) in [5.74, 6) is 0.766. The molecule has 0 N–H and O–H groups in total. The Kier molecular flexibility index (Phi) is 2.04. The molecule has 60 valence electrons. The van der Waals surface area contributed by atoms with Crippen molar-refractivity contribution in [2.75, 3.05) is 6.61 Å². The molecular weight excluding hydrogens is 124 g/mol. The van der Waals surface area contributed by atoms with Crippen molar-refractivity contribution in [2.45, 2.75) is 40.2 Å². The van der Waals surface area contributed by atoms with Gasteiger partial charge in [-0.1, -0.05) is 20.8 Å². The van der Waals surface area contributed by atoms with Crippen molar-refractivity contribution in [3.63, 3.8) is 0 Å². The minimum Gasteiger partial charge on any atom is -0.378 e. The Morgan fingerprint density at radius 3 is 2.10 bits per heavy atom. The minimum absolute atomic E-state index is 0.435. The molecule has 1 rings (SSSR count). The van der Waals surface area contributed by atoms with Crippen LogP contribution in [0.3, 0.4) is 0 Å². The highest BCUT2D eigenvalue weighted by Crippen LogP contribution is 2.34. The Bertz CT molecular complexity index is 112. The molecule has 1 nitrogen and oxygen atoms in total. The molecule has 1 fully saturated rings. The number of rotatable bonds is 0. The molecule has 1 heteroatoms. The molecule has 0 radical (unpaired) electrons. The SMILES string of the molecule is C[C@H]1CC(C(C)(C)C)CO1. The molecule has 2 atom stereocenters. The lowest BCUT2D eigenvalue weighted by atomic mass is 9.80. The van der Waals surface area contributed by atoms with E-state index < -0.39 is 0 Å². The van der Waals surface area contributed by atoms with Gasteiger partial charge < -0.3 is 4.74 Å². The van der Waals surface area contributed by atoms with Crippen LogP contribution < -0.4 is 0 Å². The molecule has 1 saturated heterocycles. The first-order valence-electron chi connectivity index (χ1n) is 4.12. The lowest BCUT2D eigenvalue weighted by molar-refractivity contribution is 0.108. The van der Waals surface area contributed by atoms with E-state index in [1.165, 1.54) is 6.42 Å². The van der Waals surface area contributed by atoms with Crippen LogP contribution in [0.25, 0.3) is 0 Å². The zero-order valence-electron chi connectivity index (χ0n) is 7.48. The van der Waals surface area contributed by atoms with Crippen molar-refractivity contribution in [1.29, 1.82) is 0 Å². The van der Waals surface area contributed by atoms with E-state index in [4.69, 9.17) is 4.74 Å². The number of hydrogen-bond acceptors (Lipinski definition) is 1. The molecule has 0 amide bonds. The van der Waals surface area contributed by atoms with E-state index >= 15 is 0 Å². The van der Waals surface area contributed by atoms with Crippen molar-refractivity contribution in [2.24, 2.45) is 11.3 Å². The van der Waals surface area contributed by atoms with E-state index in [0.29, 0.717) is 11.5 Å². The maximum atomic E-state index is 5.49. The molecule has 1 unspecified atom stereocenters. The third kappa shape index (κ3) is 1.72. The zero-order valence-corrected chi connectivity index (χ0v) is 7.48. The number of ether oxygens (including phenoxy) is 1. The Labute approximate surface area is 63.8 Å². The van der Waals surface area contributed by atoms with Crippen molar-refractivity contribution in [3.8, 4) is 0 Å². The standard InChI is InChI=1S/C9H18O/c1-7-5-8(6-10-7)9(2,3)4/h7-8H,5-6H2,1-4H3/t7-,8?/m0/s1. The highest BCUT2D eigenvalue weighted by atomic mass is 16.5. The summed E-state index contributed by atoms with van der Waals surface area (Å²) in [7, 11) is 0. The summed E-state index contributed by atoms with van der Waals surface area (Å²) in [5.41, 5.74) is 0.435. The van der Waals surface area contributed by atoms with Gasteiger partial charge in [-0.25, -0.2) is 0 Å². The normalized spacial score (nSPS) is 34.8. The van der Waals surface area contributed by atoms with Crippen LogP contribution in [0.1, 0.15) is 34.1 Å². The Balaban J connectivity index is 2.45. The molecule has 0 saturated carbocycles. The van der Waals surface area contributed by atoms with Crippen LogP contribution in [0.2, 0.25) is 0 Å². The molecule has 0 aliphatic carbocycles. The van der Waals surface area contributed by atoms with Gasteiger partial charge in [0.15, 0.2) is 0 Å². The molecule has 10 heavy (non-hydrogen) atoms. The largest absolute Gasteiger partial charge is 0.378 e. The summed E-state index contributed by atoms with van der Waals surface area (Å²) in [6.07, 6.45) is 1.73. The molecule has 0 spiro atoms. The summed E-state index contributed by atoms with van der Waals surface area (Å²) in [6, 6.07) is 0. The molecule has 1 aliphatic heterocycles. The molecule has 1 heterocycles. The zero-order chi connectivity index (χ0) is 7.78. The van der Waals surface area contributed by atoms with Gasteiger partial charge in [-0.2, -0.15) is 0 Å². The van der Waals surface area contributed by atoms with Crippen LogP contribution in [0.5, 0.6) is 0 Å². The van der Waals surface area contributed by atoms with Crippen LogP contribution in [-0.2, 0) is 4.74 Å². The third-order valence-corrected chi connectivity index (χ3v) is 2.42. The van der Waals surface area contributed by atoms with Gasteiger partial charge in [0, 0.05) is 0 Å². The van der Waals surface area contributed by atoms with Crippen LogP contribution in [0, 0.1) is 11.3 Å². The second-order valence-electron chi connectivity index (χ2n) is 4.44. The Morgan fingerprint density at radius 2 is 1.90 bits per heavy atom. The minimum atomic E-state index is 0.435. The fourth-order valence-electron chi connectivity index (χ4n) is 1.42. The van der Waals surface area contributed by atoms with Gasteiger partial charge in [-0.15, -0.1) is 0 Å². The number of hydrogen-bond donors (Lipinski definition) is 0. The highest BCUT2D eigenvalue weighted by molar-refractivity contribution is 4.80. The van der Waals surface area contributed by atoms with Crippen molar-refractivity contribution in [3.05, 3.63) is 0 Å². The molecule has 0 bridgehead atoms. The second kappa shape index (κ2) is 2.54. The van der Waals surface area contributed by atoms with E-state index in [1.807, 2.05) is 0 Å². The predicted molar refractivity (Wildman–Crippen MR) is 43.0 cm³/mol. The summed E-state index contributed by atoms with van der Waals surface area (Å²) >= 11 is 0. The Morgan fingerprint density at radius 1 is 1.30 bits per heavy atom. The first kappa shape index (κ1) is 8.06. The molecule has 0 aromatic heterocycles. The summed E-state index contributed by atoms with van der Waals surface area (Å²) in [4.78, 5) is 0. The van der Waals surface area contributed by atoms with E-state index in [9.17, 15) is 0 Å². The van der Waals surface area contributed by atoms with Crippen molar-refractivity contribution >= 4 is 0 Å². The highest BCUT2D eigenvalue weighted by Gasteiger charge is 2.31. The summed E-state index contributed by atoms with van der Waals surface area (Å²) < 4.78 is 5.49. The topological polar surface area (TPSA) is 9.23 Å². The lowest BCUT2D eigenvalue weighted by Crippen LogP contribution is -2.20. The quantitative estimate of drug-likeness (QED) is 0.505. The van der Waals surface area contributed by atoms with E-state index in [0.717, 1.165) is 12.5 Å². The van der Waals surface area contributed by atoms with Crippen LogP contribution in [-0.4, -0.2) is 12.7 Å². The maximum Gasteiger partial charge on any atom is 0.0550 e.